The van der Waals surface area contributed by atoms with Gasteiger partial charge in [0.05, 0.1) is 5.56 Å². The highest BCUT2D eigenvalue weighted by molar-refractivity contribution is 7.13. The first-order valence-electron chi connectivity index (χ1n) is 10.7. The van der Waals surface area contributed by atoms with Crippen LogP contribution in [0.5, 0.6) is 0 Å². The Kier molecular flexibility index (Phi) is 6.36. The van der Waals surface area contributed by atoms with Crippen LogP contribution in [0.15, 0.2) is 29.6 Å². The average Bonchev–Trinajstić information content (AvgIpc) is 3.41. The molecule has 3 aromatic rings. The molecule has 3 heterocycles. The van der Waals surface area contributed by atoms with Crippen molar-refractivity contribution in [3.63, 3.8) is 0 Å². The smallest absolute Gasteiger partial charge is 0.270 e. The molecule has 0 spiro atoms. The number of carbonyl (C=O) groups excluding carboxylic acids is 2. The lowest BCUT2D eigenvalue weighted by atomic mass is 9.90. The van der Waals surface area contributed by atoms with Crippen molar-refractivity contribution in [2.45, 2.75) is 45.6 Å². The largest absolute Gasteiger partial charge is 0.349 e. The number of nitrogens with one attached hydrogen (secondary N) is 2. The molecule has 2 amide bonds. The van der Waals surface area contributed by atoms with Crippen molar-refractivity contribution in [2.24, 2.45) is 0 Å². The highest BCUT2D eigenvalue weighted by atomic mass is 32.1. The van der Waals surface area contributed by atoms with Crippen LogP contribution in [0.4, 0.5) is 4.39 Å². The Hall–Kier alpha value is -3.07. The molecule has 2 N–H and O–H groups in total. The van der Waals surface area contributed by atoms with Crippen molar-refractivity contribution < 1.29 is 14.0 Å². The van der Waals surface area contributed by atoms with Gasteiger partial charge in [0, 0.05) is 48.6 Å². The maximum Gasteiger partial charge on any atom is 0.270 e. The molecular formula is C23H26FN5O2S. The van der Waals surface area contributed by atoms with E-state index in [0.717, 1.165) is 29.7 Å². The first-order valence-corrected chi connectivity index (χ1v) is 11.6. The van der Waals surface area contributed by atoms with Gasteiger partial charge in [-0.15, -0.1) is 11.3 Å². The number of piperidine rings is 1. The number of hydrogen-bond acceptors (Lipinski definition) is 5. The number of halogens is 1. The molecule has 32 heavy (non-hydrogen) atoms. The molecule has 0 saturated carbocycles. The van der Waals surface area contributed by atoms with Crippen LogP contribution in [0, 0.1) is 5.82 Å². The molecule has 0 unspecified atom stereocenters. The summed E-state index contributed by atoms with van der Waals surface area (Å²) in [6, 6.07) is 6.21. The molecule has 1 saturated heterocycles. The topological polar surface area (TPSA) is 91.0 Å². The Labute approximate surface area is 190 Å². The van der Waals surface area contributed by atoms with Gasteiger partial charge in [0.1, 0.15) is 22.2 Å². The van der Waals surface area contributed by atoms with E-state index in [1.807, 2.05) is 18.7 Å². The summed E-state index contributed by atoms with van der Waals surface area (Å²) in [7, 11) is 0. The van der Waals surface area contributed by atoms with Crippen LogP contribution >= 0.6 is 11.3 Å². The number of aromatic amines is 1. The third kappa shape index (κ3) is 4.57. The molecule has 1 aliphatic heterocycles. The number of thiazole rings is 1. The molecule has 1 aliphatic rings. The van der Waals surface area contributed by atoms with Crippen molar-refractivity contribution in [1.82, 2.24) is 25.4 Å². The van der Waals surface area contributed by atoms with E-state index >= 15 is 0 Å². The van der Waals surface area contributed by atoms with Crippen molar-refractivity contribution in [2.75, 3.05) is 13.1 Å². The summed E-state index contributed by atoms with van der Waals surface area (Å²) in [6.45, 7) is 6.77. The lowest BCUT2D eigenvalue weighted by molar-refractivity contribution is -0.129. The van der Waals surface area contributed by atoms with Crippen molar-refractivity contribution in [3.05, 3.63) is 46.9 Å². The Bertz CT molecular complexity index is 1110. The van der Waals surface area contributed by atoms with Gasteiger partial charge in [0.15, 0.2) is 0 Å². The number of aromatic nitrogens is 3. The fourth-order valence-corrected chi connectivity index (χ4v) is 4.85. The second-order valence-corrected chi connectivity index (χ2v) is 9.17. The number of H-pyrrole nitrogens is 1. The molecule has 0 aliphatic carbocycles. The van der Waals surface area contributed by atoms with E-state index in [4.69, 9.17) is 0 Å². The SMILES string of the molecule is CC(=O)N1CCC(c2[nH]nc(-c3ccc(F)cc3)c2-c2nc(C(=O)NC(C)C)cs2)CC1. The molecule has 2 aromatic heterocycles. The standard InChI is InChI=1S/C23H26FN5O2S/c1-13(2)25-22(31)18-12-32-23(26-18)19-20(15-4-6-17(24)7-5-15)27-28-21(19)16-8-10-29(11-9-16)14(3)30/h4-7,12-13,16H,8-11H2,1-3H3,(H,25,31)(H,27,28). The minimum atomic E-state index is -0.315. The number of rotatable bonds is 5. The Morgan fingerprint density at radius 3 is 2.53 bits per heavy atom. The minimum Gasteiger partial charge on any atom is -0.349 e. The summed E-state index contributed by atoms with van der Waals surface area (Å²) in [6.07, 6.45) is 1.62. The zero-order valence-electron chi connectivity index (χ0n) is 18.3. The predicted molar refractivity (Wildman–Crippen MR) is 122 cm³/mol. The third-order valence-electron chi connectivity index (χ3n) is 5.63. The summed E-state index contributed by atoms with van der Waals surface area (Å²) >= 11 is 1.39. The van der Waals surface area contributed by atoms with Gasteiger partial charge in [-0.3, -0.25) is 14.7 Å². The average molecular weight is 456 g/mol. The Balaban J connectivity index is 1.73. The van der Waals surface area contributed by atoms with Gasteiger partial charge < -0.3 is 10.2 Å². The van der Waals surface area contributed by atoms with Gasteiger partial charge in [0.2, 0.25) is 5.91 Å². The van der Waals surface area contributed by atoms with Crippen LogP contribution in [0.2, 0.25) is 0 Å². The van der Waals surface area contributed by atoms with Gasteiger partial charge >= 0.3 is 0 Å². The van der Waals surface area contributed by atoms with Crippen LogP contribution in [-0.4, -0.2) is 51.0 Å². The zero-order valence-corrected chi connectivity index (χ0v) is 19.1. The number of amides is 2. The number of nitrogens with zero attached hydrogens (tertiary/aromatic N) is 3. The van der Waals surface area contributed by atoms with Gasteiger partial charge in [-0.2, -0.15) is 5.10 Å². The van der Waals surface area contributed by atoms with Gasteiger partial charge in [-0.1, -0.05) is 0 Å². The summed E-state index contributed by atoms with van der Waals surface area (Å²) in [5.74, 6) is -0.268. The van der Waals surface area contributed by atoms with Crippen molar-refractivity contribution in [1.29, 1.82) is 0 Å². The van der Waals surface area contributed by atoms with Crippen molar-refractivity contribution in [3.8, 4) is 21.8 Å². The fourth-order valence-electron chi connectivity index (χ4n) is 4.00. The van der Waals surface area contributed by atoms with Crippen LogP contribution in [0.25, 0.3) is 21.8 Å². The fraction of sp³-hybridized carbons (Fsp3) is 0.391. The van der Waals surface area contributed by atoms with Gasteiger partial charge in [-0.05, 0) is 51.0 Å². The molecule has 0 atom stereocenters. The second kappa shape index (κ2) is 9.20. The second-order valence-electron chi connectivity index (χ2n) is 8.31. The highest BCUT2D eigenvalue weighted by Crippen LogP contribution is 2.41. The Morgan fingerprint density at radius 1 is 1.22 bits per heavy atom. The molecule has 1 aromatic carbocycles. The zero-order chi connectivity index (χ0) is 22.8. The van der Waals surface area contributed by atoms with E-state index < -0.39 is 0 Å². The normalized spacial score (nSPS) is 14.7. The van der Waals surface area contributed by atoms with Crippen LogP contribution in [-0.2, 0) is 4.79 Å². The minimum absolute atomic E-state index is 0.0124. The quantitative estimate of drug-likeness (QED) is 0.603. The number of benzene rings is 1. The van der Waals surface area contributed by atoms with Crippen LogP contribution in [0.3, 0.4) is 0 Å². The maximum absolute atomic E-state index is 13.5. The van der Waals surface area contributed by atoms with E-state index in [1.165, 1.54) is 23.5 Å². The summed E-state index contributed by atoms with van der Waals surface area (Å²) in [4.78, 5) is 30.6. The molecule has 0 bridgehead atoms. The lowest BCUT2D eigenvalue weighted by Gasteiger charge is -2.31. The number of hydrogen-bond donors (Lipinski definition) is 2. The predicted octanol–water partition coefficient (Wildman–Crippen LogP) is 4.20. The van der Waals surface area contributed by atoms with E-state index in [9.17, 15) is 14.0 Å². The molecule has 9 heteroatoms. The highest BCUT2D eigenvalue weighted by Gasteiger charge is 2.29. The van der Waals surface area contributed by atoms with Gasteiger partial charge in [0.25, 0.3) is 5.91 Å². The van der Waals surface area contributed by atoms with E-state index in [-0.39, 0.29) is 29.6 Å². The Morgan fingerprint density at radius 2 is 1.91 bits per heavy atom. The monoisotopic (exact) mass is 455 g/mol. The van der Waals surface area contributed by atoms with Crippen LogP contribution < -0.4 is 5.32 Å². The first kappa shape index (κ1) is 22.1. The van der Waals surface area contributed by atoms with Crippen molar-refractivity contribution >= 4 is 23.2 Å². The first-order chi connectivity index (χ1) is 15.3. The molecule has 0 radical (unpaired) electrons. The van der Waals surface area contributed by atoms with E-state index in [2.05, 4.69) is 20.5 Å². The van der Waals surface area contributed by atoms with E-state index in [0.29, 0.717) is 29.5 Å². The molecular weight excluding hydrogens is 429 g/mol. The molecule has 4 rings (SSSR count). The van der Waals surface area contributed by atoms with E-state index in [1.54, 1.807) is 24.4 Å². The van der Waals surface area contributed by atoms with Crippen LogP contribution in [0.1, 0.15) is 55.7 Å². The van der Waals surface area contributed by atoms with Gasteiger partial charge in [-0.25, -0.2) is 9.37 Å². The molecule has 7 nitrogen and oxygen atoms in total. The number of likely N-dealkylation sites (tertiary alicyclic amines) is 1. The lowest BCUT2D eigenvalue weighted by Crippen LogP contribution is -2.36. The molecule has 1 fully saturated rings. The summed E-state index contributed by atoms with van der Waals surface area (Å²) in [5.41, 5.74) is 3.60. The summed E-state index contributed by atoms with van der Waals surface area (Å²) < 4.78 is 13.5. The summed E-state index contributed by atoms with van der Waals surface area (Å²) in [5, 5.41) is 13.1. The maximum atomic E-state index is 13.5. The molecule has 168 valence electrons. The third-order valence-corrected chi connectivity index (χ3v) is 6.49. The number of carbonyl (C=O) groups is 2.